The summed E-state index contributed by atoms with van der Waals surface area (Å²) in [5.74, 6) is 0.999. The van der Waals surface area contributed by atoms with Crippen LogP contribution in [0.15, 0.2) is 60.7 Å². The maximum atomic E-state index is 13.1. The number of imide groups is 1. The number of nitrogens with zero attached hydrogens (tertiary/aromatic N) is 1. The maximum absolute atomic E-state index is 13.1. The van der Waals surface area contributed by atoms with E-state index in [4.69, 9.17) is 9.47 Å². The minimum Gasteiger partial charge on any atom is -0.497 e. The van der Waals surface area contributed by atoms with E-state index in [9.17, 15) is 14.7 Å². The Balaban J connectivity index is 1.09. The van der Waals surface area contributed by atoms with Crippen molar-refractivity contribution >= 4 is 22.6 Å². The van der Waals surface area contributed by atoms with E-state index in [1.54, 1.807) is 13.2 Å². The topological polar surface area (TPSA) is 84.9 Å². The Hall–Kier alpha value is -3.46. The molecule has 0 saturated carbocycles. The number of benzene rings is 3. The van der Waals surface area contributed by atoms with Crippen LogP contribution in [0, 0.1) is 0 Å². The van der Waals surface area contributed by atoms with Gasteiger partial charge in [0.05, 0.1) is 20.2 Å². The van der Waals surface area contributed by atoms with Gasteiger partial charge in [0.1, 0.15) is 56.9 Å². The fourth-order valence-electron chi connectivity index (χ4n) is 5.24. The SMILES string of the molecule is COc1cccc(OC[C@@H](O)C[NH+]2CC[NH+](CCN3C(=O)c4cccc5cccc(c45)C3=O)CC2)c1. The van der Waals surface area contributed by atoms with Gasteiger partial charge in [-0.3, -0.25) is 14.5 Å². The van der Waals surface area contributed by atoms with Gasteiger partial charge in [0, 0.05) is 22.6 Å². The number of carbonyl (C=O) groups is 2. The zero-order chi connectivity index (χ0) is 25.1. The van der Waals surface area contributed by atoms with E-state index in [2.05, 4.69) is 0 Å². The quantitative estimate of drug-likeness (QED) is 0.357. The lowest BCUT2D eigenvalue weighted by atomic mass is 9.94. The van der Waals surface area contributed by atoms with Gasteiger partial charge in [-0.1, -0.05) is 30.3 Å². The number of aliphatic hydroxyl groups is 1. The van der Waals surface area contributed by atoms with Gasteiger partial charge >= 0.3 is 0 Å². The van der Waals surface area contributed by atoms with Crippen LogP contribution in [-0.4, -0.2) is 87.5 Å². The Morgan fingerprint density at radius 2 is 1.50 bits per heavy atom. The molecule has 2 aliphatic rings. The van der Waals surface area contributed by atoms with Crippen LogP contribution in [0.3, 0.4) is 0 Å². The molecule has 2 heterocycles. The summed E-state index contributed by atoms with van der Waals surface area (Å²) < 4.78 is 10.9. The molecule has 5 rings (SSSR count). The van der Waals surface area contributed by atoms with Crippen molar-refractivity contribution < 1.29 is 34.0 Å². The van der Waals surface area contributed by atoms with Gasteiger partial charge in [-0.05, 0) is 29.7 Å². The summed E-state index contributed by atoms with van der Waals surface area (Å²) in [6, 6.07) is 18.6. The average molecular weight is 492 g/mol. The molecule has 3 aromatic rings. The van der Waals surface area contributed by atoms with E-state index in [1.807, 2.05) is 54.6 Å². The predicted octanol–water partition coefficient (Wildman–Crippen LogP) is -0.332. The first kappa shape index (κ1) is 24.2. The van der Waals surface area contributed by atoms with Gasteiger partial charge in [0.25, 0.3) is 11.8 Å². The number of methoxy groups -OCH3 is 1. The van der Waals surface area contributed by atoms with Crippen LogP contribution in [0.2, 0.25) is 0 Å². The number of aliphatic hydroxyl groups excluding tert-OH is 1. The van der Waals surface area contributed by atoms with E-state index < -0.39 is 6.10 Å². The molecular formula is C28H33N3O5+2. The van der Waals surface area contributed by atoms with Gasteiger partial charge in [-0.25, -0.2) is 0 Å². The van der Waals surface area contributed by atoms with Crippen molar-refractivity contribution in [3.63, 3.8) is 0 Å². The molecule has 0 radical (unpaired) electrons. The highest BCUT2D eigenvalue weighted by atomic mass is 16.5. The Labute approximate surface area is 210 Å². The Kier molecular flexibility index (Phi) is 7.18. The molecule has 3 N–H and O–H groups in total. The molecule has 188 valence electrons. The second kappa shape index (κ2) is 10.7. The first-order valence-electron chi connectivity index (χ1n) is 12.5. The van der Waals surface area contributed by atoms with E-state index in [0.29, 0.717) is 30.0 Å². The highest BCUT2D eigenvalue weighted by Gasteiger charge is 2.34. The number of quaternary nitrogens is 2. The third-order valence-corrected chi connectivity index (χ3v) is 7.22. The predicted molar refractivity (Wildman–Crippen MR) is 135 cm³/mol. The molecule has 36 heavy (non-hydrogen) atoms. The number of nitrogens with one attached hydrogen (secondary N) is 2. The maximum Gasteiger partial charge on any atom is 0.261 e. The van der Waals surface area contributed by atoms with Gasteiger partial charge in [0.15, 0.2) is 0 Å². The largest absolute Gasteiger partial charge is 0.497 e. The van der Waals surface area contributed by atoms with E-state index in [1.165, 1.54) is 14.7 Å². The number of hydrogen-bond donors (Lipinski definition) is 3. The van der Waals surface area contributed by atoms with Crippen molar-refractivity contribution in [2.75, 3.05) is 59.5 Å². The average Bonchev–Trinajstić information content (AvgIpc) is 2.91. The zero-order valence-electron chi connectivity index (χ0n) is 20.5. The fraction of sp³-hybridized carbons (Fsp3) is 0.357. The minimum absolute atomic E-state index is 0.202. The summed E-state index contributed by atoms with van der Waals surface area (Å²) in [5.41, 5.74) is 1.22. The molecule has 0 aromatic heterocycles. The number of hydrogen-bond acceptors (Lipinski definition) is 5. The second-order valence-corrected chi connectivity index (χ2v) is 9.57. The van der Waals surface area contributed by atoms with Crippen molar-refractivity contribution in [1.82, 2.24) is 4.90 Å². The molecule has 0 spiro atoms. The third-order valence-electron chi connectivity index (χ3n) is 7.22. The van der Waals surface area contributed by atoms with Crippen LogP contribution in [-0.2, 0) is 0 Å². The lowest BCUT2D eigenvalue weighted by Crippen LogP contribution is -3.28. The number of carbonyl (C=O) groups excluding carboxylic acids is 2. The van der Waals surface area contributed by atoms with Gasteiger partial charge in [-0.2, -0.15) is 0 Å². The first-order valence-corrected chi connectivity index (χ1v) is 12.5. The fourth-order valence-corrected chi connectivity index (χ4v) is 5.24. The van der Waals surface area contributed by atoms with E-state index in [0.717, 1.165) is 49.2 Å². The minimum atomic E-state index is -0.556. The lowest BCUT2D eigenvalue weighted by Gasteiger charge is -2.32. The lowest BCUT2D eigenvalue weighted by molar-refractivity contribution is -1.01. The molecule has 2 aliphatic heterocycles. The molecule has 8 heteroatoms. The number of ether oxygens (including phenoxy) is 2. The van der Waals surface area contributed by atoms with Crippen LogP contribution in [0.4, 0.5) is 0 Å². The molecule has 0 aliphatic carbocycles. The molecule has 3 aromatic carbocycles. The molecule has 1 fully saturated rings. The summed E-state index contributed by atoms with van der Waals surface area (Å²) in [4.78, 5) is 30.3. The van der Waals surface area contributed by atoms with Crippen LogP contribution >= 0.6 is 0 Å². The van der Waals surface area contributed by atoms with Gasteiger partial charge in [-0.15, -0.1) is 0 Å². The standard InChI is InChI=1S/C28H31N3O5/c1-35-22-7-4-8-23(17-22)36-19-21(32)18-30-13-11-29(12-14-30)15-16-31-27(33)24-9-2-5-20-6-3-10-25(26(20)24)28(31)34/h2-10,17,21,32H,11-16,18-19H2,1H3/p+2/t21-/m0/s1. The van der Waals surface area contributed by atoms with Crippen LogP contribution in [0.5, 0.6) is 11.5 Å². The monoisotopic (exact) mass is 491 g/mol. The molecule has 2 amide bonds. The van der Waals surface area contributed by atoms with Crippen LogP contribution in [0.25, 0.3) is 10.8 Å². The summed E-state index contributed by atoms with van der Waals surface area (Å²) in [6.07, 6.45) is -0.556. The molecule has 1 saturated heterocycles. The van der Waals surface area contributed by atoms with Crippen molar-refractivity contribution in [3.05, 3.63) is 71.8 Å². The molecule has 1 atom stereocenters. The van der Waals surface area contributed by atoms with Crippen molar-refractivity contribution in [2.24, 2.45) is 0 Å². The van der Waals surface area contributed by atoms with E-state index in [-0.39, 0.29) is 18.4 Å². The third kappa shape index (κ3) is 5.06. The van der Waals surface area contributed by atoms with E-state index >= 15 is 0 Å². The highest BCUT2D eigenvalue weighted by molar-refractivity contribution is 6.25. The second-order valence-electron chi connectivity index (χ2n) is 9.57. The summed E-state index contributed by atoms with van der Waals surface area (Å²) in [5, 5.41) is 12.2. The Bertz CT molecular complexity index is 1200. The Morgan fingerprint density at radius 3 is 2.17 bits per heavy atom. The first-order chi connectivity index (χ1) is 17.5. The molecule has 0 bridgehead atoms. The van der Waals surface area contributed by atoms with Crippen molar-refractivity contribution in [2.45, 2.75) is 6.10 Å². The van der Waals surface area contributed by atoms with Gasteiger partial charge < -0.3 is 24.4 Å². The number of rotatable bonds is 9. The summed E-state index contributed by atoms with van der Waals surface area (Å²) >= 11 is 0. The smallest absolute Gasteiger partial charge is 0.261 e. The highest BCUT2D eigenvalue weighted by Crippen LogP contribution is 2.29. The summed E-state index contributed by atoms with van der Waals surface area (Å²) in [6.45, 7) is 5.71. The molecule has 0 unspecified atom stereocenters. The molecular weight excluding hydrogens is 458 g/mol. The van der Waals surface area contributed by atoms with Crippen molar-refractivity contribution in [3.8, 4) is 11.5 Å². The Morgan fingerprint density at radius 1 is 0.889 bits per heavy atom. The molecule has 8 nitrogen and oxygen atoms in total. The van der Waals surface area contributed by atoms with Crippen molar-refractivity contribution in [1.29, 1.82) is 0 Å². The normalized spacial score (nSPS) is 20.4. The van der Waals surface area contributed by atoms with Crippen LogP contribution in [0.1, 0.15) is 20.7 Å². The zero-order valence-corrected chi connectivity index (χ0v) is 20.5. The number of piperazine rings is 1. The summed E-state index contributed by atoms with van der Waals surface area (Å²) in [7, 11) is 1.61. The van der Waals surface area contributed by atoms with Gasteiger partial charge in [0.2, 0.25) is 0 Å². The van der Waals surface area contributed by atoms with Crippen LogP contribution < -0.4 is 19.3 Å². The number of amides is 2.